The SMILES string of the molecule is O=C(Nc1c(F)cccc1Cl)NC1CCCC1. The molecule has 0 radical (unpaired) electrons. The maximum atomic E-state index is 13.4. The van der Waals surface area contributed by atoms with E-state index in [0.717, 1.165) is 25.7 Å². The van der Waals surface area contributed by atoms with Crippen molar-refractivity contribution < 1.29 is 9.18 Å². The number of amides is 2. The molecule has 0 aromatic heterocycles. The molecule has 0 unspecified atom stereocenters. The number of benzene rings is 1. The molecule has 0 aliphatic heterocycles. The van der Waals surface area contributed by atoms with Gasteiger partial charge in [-0.15, -0.1) is 0 Å². The largest absolute Gasteiger partial charge is 0.335 e. The van der Waals surface area contributed by atoms with E-state index in [9.17, 15) is 9.18 Å². The van der Waals surface area contributed by atoms with E-state index in [2.05, 4.69) is 10.6 Å². The van der Waals surface area contributed by atoms with Crippen molar-refractivity contribution in [3.05, 3.63) is 29.0 Å². The molecule has 0 heterocycles. The molecular formula is C12H14ClFN2O. The van der Waals surface area contributed by atoms with Crippen LogP contribution in [-0.4, -0.2) is 12.1 Å². The maximum absolute atomic E-state index is 13.4. The molecule has 0 bridgehead atoms. The van der Waals surface area contributed by atoms with Gasteiger partial charge in [-0.3, -0.25) is 0 Å². The summed E-state index contributed by atoms with van der Waals surface area (Å²) in [6.07, 6.45) is 4.23. The van der Waals surface area contributed by atoms with Gasteiger partial charge in [0.1, 0.15) is 5.82 Å². The summed E-state index contributed by atoms with van der Waals surface area (Å²) in [6, 6.07) is 4.09. The summed E-state index contributed by atoms with van der Waals surface area (Å²) in [5.41, 5.74) is 0.0321. The van der Waals surface area contributed by atoms with E-state index < -0.39 is 11.8 Å². The molecule has 1 aromatic carbocycles. The zero-order valence-corrected chi connectivity index (χ0v) is 10.1. The molecule has 1 aliphatic rings. The van der Waals surface area contributed by atoms with Crippen molar-refractivity contribution in [3.63, 3.8) is 0 Å². The zero-order valence-electron chi connectivity index (χ0n) is 9.30. The molecule has 17 heavy (non-hydrogen) atoms. The van der Waals surface area contributed by atoms with Crippen molar-refractivity contribution in [2.24, 2.45) is 0 Å². The fourth-order valence-corrected chi connectivity index (χ4v) is 2.23. The smallest absolute Gasteiger partial charge is 0.319 e. The number of hydrogen-bond donors (Lipinski definition) is 2. The van der Waals surface area contributed by atoms with Gasteiger partial charge >= 0.3 is 6.03 Å². The summed E-state index contributed by atoms with van der Waals surface area (Å²) in [5, 5.41) is 5.46. The molecule has 2 amide bonds. The minimum Gasteiger partial charge on any atom is -0.335 e. The predicted octanol–water partition coefficient (Wildman–Crippen LogP) is 3.54. The van der Waals surface area contributed by atoms with E-state index in [1.165, 1.54) is 18.2 Å². The Morgan fingerprint density at radius 1 is 1.35 bits per heavy atom. The van der Waals surface area contributed by atoms with Gasteiger partial charge in [-0.1, -0.05) is 30.5 Å². The number of carbonyl (C=O) groups excluding carboxylic acids is 1. The van der Waals surface area contributed by atoms with Crippen LogP contribution in [-0.2, 0) is 0 Å². The molecule has 0 saturated heterocycles. The zero-order chi connectivity index (χ0) is 12.3. The van der Waals surface area contributed by atoms with Crippen LogP contribution in [0.5, 0.6) is 0 Å². The molecule has 5 heteroatoms. The molecule has 2 N–H and O–H groups in total. The third kappa shape index (κ3) is 3.09. The summed E-state index contributed by atoms with van der Waals surface area (Å²) in [6.45, 7) is 0. The number of hydrogen-bond acceptors (Lipinski definition) is 1. The van der Waals surface area contributed by atoms with Gasteiger partial charge in [0.05, 0.1) is 10.7 Å². The van der Waals surface area contributed by atoms with Gasteiger partial charge in [0.25, 0.3) is 0 Å². The Hall–Kier alpha value is -1.29. The van der Waals surface area contributed by atoms with Crippen LogP contribution in [0.1, 0.15) is 25.7 Å². The lowest BCUT2D eigenvalue weighted by Crippen LogP contribution is -2.36. The monoisotopic (exact) mass is 256 g/mol. The van der Waals surface area contributed by atoms with Crippen molar-refractivity contribution in [3.8, 4) is 0 Å². The van der Waals surface area contributed by atoms with Gasteiger partial charge in [0.2, 0.25) is 0 Å². The first-order valence-corrected chi connectivity index (χ1v) is 6.06. The predicted molar refractivity (Wildman–Crippen MR) is 65.8 cm³/mol. The molecular weight excluding hydrogens is 243 g/mol. The summed E-state index contributed by atoms with van der Waals surface area (Å²) in [5.74, 6) is -0.529. The first-order valence-electron chi connectivity index (χ1n) is 5.68. The first-order chi connectivity index (χ1) is 8.16. The van der Waals surface area contributed by atoms with Crippen molar-refractivity contribution in [1.29, 1.82) is 0 Å². The van der Waals surface area contributed by atoms with Crippen LogP contribution in [0.4, 0.5) is 14.9 Å². The Morgan fingerprint density at radius 2 is 2.06 bits per heavy atom. The van der Waals surface area contributed by atoms with Gasteiger partial charge in [-0.05, 0) is 25.0 Å². The summed E-state index contributed by atoms with van der Waals surface area (Å²) in [7, 11) is 0. The summed E-state index contributed by atoms with van der Waals surface area (Å²) in [4.78, 5) is 11.6. The highest BCUT2D eigenvalue weighted by molar-refractivity contribution is 6.33. The quantitative estimate of drug-likeness (QED) is 0.835. The van der Waals surface area contributed by atoms with E-state index in [1.807, 2.05) is 0 Å². The fourth-order valence-electron chi connectivity index (χ4n) is 2.02. The normalized spacial score (nSPS) is 15.9. The van der Waals surface area contributed by atoms with Gasteiger partial charge < -0.3 is 10.6 Å². The maximum Gasteiger partial charge on any atom is 0.319 e. The molecule has 1 aliphatic carbocycles. The Bertz CT molecular complexity index is 399. The van der Waals surface area contributed by atoms with Crippen LogP contribution < -0.4 is 10.6 Å². The van der Waals surface area contributed by atoms with Gasteiger partial charge in [0.15, 0.2) is 0 Å². The standard InChI is InChI=1S/C12H14ClFN2O/c13-9-6-3-7-10(14)11(9)16-12(17)15-8-4-1-2-5-8/h3,6-8H,1-2,4-5H2,(H2,15,16,17). The van der Waals surface area contributed by atoms with Crippen molar-refractivity contribution >= 4 is 23.3 Å². The van der Waals surface area contributed by atoms with Crippen molar-refractivity contribution in [2.75, 3.05) is 5.32 Å². The number of rotatable bonds is 2. The molecule has 1 aromatic rings. The second kappa shape index (κ2) is 5.36. The minimum absolute atomic E-state index is 0.0321. The Balaban J connectivity index is 1.97. The molecule has 92 valence electrons. The second-order valence-corrected chi connectivity index (χ2v) is 4.58. The van der Waals surface area contributed by atoms with Gasteiger partial charge in [-0.2, -0.15) is 0 Å². The molecule has 0 atom stereocenters. The third-order valence-corrected chi connectivity index (χ3v) is 3.21. The van der Waals surface area contributed by atoms with Crippen molar-refractivity contribution in [1.82, 2.24) is 5.32 Å². The van der Waals surface area contributed by atoms with E-state index in [1.54, 1.807) is 0 Å². The summed E-state index contributed by atoms with van der Waals surface area (Å²) >= 11 is 5.81. The number of urea groups is 1. The second-order valence-electron chi connectivity index (χ2n) is 4.18. The Labute approximate surface area is 104 Å². The average Bonchev–Trinajstić information content (AvgIpc) is 2.76. The van der Waals surface area contributed by atoms with Crippen molar-refractivity contribution in [2.45, 2.75) is 31.7 Å². The third-order valence-electron chi connectivity index (χ3n) is 2.89. The molecule has 1 fully saturated rings. The van der Waals surface area contributed by atoms with Crippen LogP contribution in [0.15, 0.2) is 18.2 Å². The van der Waals surface area contributed by atoms with Crippen LogP contribution in [0, 0.1) is 5.82 Å². The molecule has 1 saturated carbocycles. The first kappa shape index (κ1) is 12.2. The van der Waals surface area contributed by atoms with Crippen LogP contribution in [0.2, 0.25) is 5.02 Å². The van der Waals surface area contributed by atoms with Crippen LogP contribution in [0.3, 0.4) is 0 Å². The van der Waals surface area contributed by atoms with Gasteiger partial charge in [0, 0.05) is 6.04 Å². The lowest BCUT2D eigenvalue weighted by atomic mass is 10.2. The number of para-hydroxylation sites is 1. The lowest BCUT2D eigenvalue weighted by molar-refractivity contribution is 0.248. The van der Waals surface area contributed by atoms with E-state index in [0.29, 0.717) is 0 Å². The highest BCUT2D eigenvalue weighted by atomic mass is 35.5. The van der Waals surface area contributed by atoms with Crippen LogP contribution >= 0.6 is 11.6 Å². The molecule has 3 nitrogen and oxygen atoms in total. The van der Waals surface area contributed by atoms with E-state index in [-0.39, 0.29) is 16.8 Å². The Morgan fingerprint density at radius 3 is 2.71 bits per heavy atom. The highest BCUT2D eigenvalue weighted by Gasteiger charge is 2.18. The number of anilines is 1. The Kier molecular flexibility index (Phi) is 3.84. The highest BCUT2D eigenvalue weighted by Crippen LogP contribution is 2.24. The lowest BCUT2D eigenvalue weighted by Gasteiger charge is -2.14. The average molecular weight is 257 g/mol. The number of carbonyl (C=O) groups is 1. The van der Waals surface area contributed by atoms with Gasteiger partial charge in [-0.25, -0.2) is 9.18 Å². The fraction of sp³-hybridized carbons (Fsp3) is 0.417. The number of halogens is 2. The van der Waals surface area contributed by atoms with E-state index >= 15 is 0 Å². The number of nitrogens with one attached hydrogen (secondary N) is 2. The summed E-state index contributed by atoms with van der Waals surface area (Å²) < 4.78 is 13.4. The molecule has 2 rings (SSSR count). The van der Waals surface area contributed by atoms with E-state index in [4.69, 9.17) is 11.6 Å². The topological polar surface area (TPSA) is 41.1 Å². The minimum atomic E-state index is -0.529. The molecule has 0 spiro atoms. The van der Waals surface area contributed by atoms with Crippen LogP contribution in [0.25, 0.3) is 0 Å².